The summed E-state index contributed by atoms with van der Waals surface area (Å²) in [6.45, 7) is 1.47. The molecule has 4 N–H and O–H groups in total. The molecule has 98 valence electrons. The molecule has 18 heavy (non-hydrogen) atoms. The molecule has 0 fully saturated rings. The molecule has 1 aromatic carbocycles. The molecule has 1 rings (SSSR count). The first-order chi connectivity index (χ1) is 8.43. The maximum absolute atomic E-state index is 13.5. The third-order valence-corrected chi connectivity index (χ3v) is 2.19. The van der Waals surface area contributed by atoms with Crippen LogP contribution in [0.1, 0.15) is 6.92 Å². The van der Waals surface area contributed by atoms with E-state index in [1.54, 1.807) is 0 Å². The number of methoxy groups -OCH3 is 1. The van der Waals surface area contributed by atoms with Gasteiger partial charge < -0.3 is 15.8 Å². The van der Waals surface area contributed by atoms with Crippen molar-refractivity contribution in [2.45, 2.75) is 13.0 Å². The standard InChI is InChI=1S/C11H14FN3O3/c1-6(10(16)15-11(13)17)14-9-5-7(18-2)3-4-8(9)12/h3-6,14H,1-2H3,(H3,13,15,16,17). The van der Waals surface area contributed by atoms with Crippen molar-refractivity contribution < 1.29 is 18.7 Å². The summed E-state index contributed by atoms with van der Waals surface area (Å²) in [5.41, 5.74) is 4.91. The first kappa shape index (κ1) is 13.8. The van der Waals surface area contributed by atoms with Crippen LogP contribution in [-0.2, 0) is 4.79 Å². The molecule has 0 aliphatic heterocycles. The topological polar surface area (TPSA) is 93.4 Å². The summed E-state index contributed by atoms with van der Waals surface area (Å²) < 4.78 is 18.4. The molecule has 7 heteroatoms. The highest BCUT2D eigenvalue weighted by Gasteiger charge is 2.16. The van der Waals surface area contributed by atoms with Gasteiger partial charge in [-0.15, -0.1) is 0 Å². The van der Waals surface area contributed by atoms with Crippen molar-refractivity contribution in [2.75, 3.05) is 12.4 Å². The van der Waals surface area contributed by atoms with Gasteiger partial charge in [-0.3, -0.25) is 10.1 Å². The number of hydrogen-bond acceptors (Lipinski definition) is 4. The van der Waals surface area contributed by atoms with Gasteiger partial charge in [-0.1, -0.05) is 0 Å². The molecule has 0 aliphatic carbocycles. The van der Waals surface area contributed by atoms with Crippen LogP contribution in [0.5, 0.6) is 5.75 Å². The maximum Gasteiger partial charge on any atom is 0.318 e. The number of primary amides is 1. The number of hydrogen-bond donors (Lipinski definition) is 3. The number of imide groups is 1. The summed E-state index contributed by atoms with van der Waals surface area (Å²) in [6.07, 6.45) is 0. The van der Waals surface area contributed by atoms with E-state index in [4.69, 9.17) is 10.5 Å². The Kier molecular flexibility index (Phi) is 4.47. The summed E-state index contributed by atoms with van der Waals surface area (Å²) >= 11 is 0. The summed E-state index contributed by atoms with van der Waals surface area (Å²) in [5, 5.41) is 4.51. The van der Waals surface area contributed by atoms with Crippen molar-refractivity contribution in [1.29, 1.82) is 0 Å². The largest absolute Gasteiger partial charge is 0.497 e. The number of nitrogens with one attached hydrogen (secondary N) is 2. The summed E-state index contributed by atoms with van der Waals surface area (Å²) in [4.78, 5) is 21.9. The maximum atomic E-state index is 13.5. The van der Waals surface area contributed by atoms with Gasteiger partial charge in [0, 0.05) is 6.07 Å². The Bertz CT molecular complexity index is 465. The fourth-order valence-corrected chi connectivity index (χ4v) is 1.27. The minimum atomic E-state index is -0.959. The van der Waals surface area contributed by atoms with E-state index < -0.39 is 23.8 Å². The fourth-order valence-electron chi connectivity index (χ4n) is 1.27. The van der Waals surface area contributed by atoms with E-state index in [0.717, 1.165) is 0 Å². The van der Waals surface area contributed by atoms with Crippen molar-refractivity contribution in [2.24, 2.45) is 5.73 Å². The molecular formula is C11H14FN3O3. The Morgan fingerprint density at radius 2 is 2.11 bits per heavy atom. The second kappa shape index (κ2) is 5.85. The predicted octanol–water partition coefficient (Wildman–Crippen LogP) is 0.830. The second-order valence-corrected chi connectivity index (χ2v) is 3.57. The predicted molar refractivity (Wildman–Crippen MR) is 63.8 cm³/mol. The molecular weight excluding hydrogens is 241 g/mol. The zero-order valence-electron chi connectivity index (χ0n) is 9.99. The van der Waals surface area contributed by atoms with E-state index in [-0.39, 0.29) is 5.69 Å². The lowest BCUT2D eigenvalue weighted by Gasteiger charge is -2.15. The van der Waals surface area contributed by atoms with Crippen LogP contribution < -0.4 is 21.1 Å². The third-order valence-electron chi connectivity index (χ3n) is 2.19. The molecule has 1 unspecified atom stereocenters. The van der Waals surface area contributed by atoms with Gasteiger partial charge in [0.05, 0.1) is 12.8 Å². The van der Waals surface area contributed by atoms with E-state index in [2.05, 4.69) is 5.32 Å². The SMILES string of the molecule is COc1ccc(F)c(NC(C)C(=O)NC(N)=O)c1. The van der Waals surface area contributed by atoms with Gasteiger partial charge in [-0.25, -0.2) is 9.18 Å². The third kappa shape index (κ3) is 3.62. The normalized spacial score (nSPS) is 11.5. The molecule has 0 saturated heterocycles. The molecule has 1 atom stereocenters. The first-order valence-electron chi connectivity index (χ1n) is 5.14. The molecule has 1 aromatic rings. The molecule has 0 spiro atoms. The Hall–Kier alpha value is -2.31. The first-order valence-corrected chi connectivity index (χ1v) is 5.14. The van der Waals surface area contributed by atoms with Crippen LogP contribution in [0.4, 0.5) is 14.9 Å². The highest BCUT2D eigenvalue weighted by atomic mass is 19.1. The molecule has 0 aromatic heterocycles. The van der Waals surface area contributed by atoms with Crippen LogP contribution in [0.2, 0.25) is 0 Å². The van der Waals surface area contributed by atoms with Crippen molar-refractivity contribution in [3.05, 3.63) is 24.0 Å². The molecule has 0 aliphatic rings. The van der Waals surface area contributed by atoms with E-state index in [1.807, 2.05) is 5.32 Å². The number of carbonyl (C=O) groups is 2. The fraction of sp³-hybridized carbons (Fsp3) is 0.273. The Morgan fingerprint density at radius 1 is 1.44 bits per heavy atom. The minimum Gasteiger partial charge on any atom is -0.497 e. The number of ether oxygens (including phenoxy) is 1. The lowest BCUT2D eigenvalue weighted by molar-refractivity contribution is -0.120. The number of halogens is 1. The molecule has 3 amide bonds. The van der Waals surface area contributed by atoms with Crippen molar-refractivity contribution >= 4 is 17.6 Å². The zero-order valence-corrected chi connectivity index (χ0v) is 9.99. The Labute approximate surface area is 103 Å². The monoisotopic (exact) mass is 255 g/mol. The molecule has 0 heterocycles. The van der Waals surface area contributed by atoms with Gasteiger partial charge in [-0.05, 0) is 19.1 Å². The van der Waals surface area contributed by atoms with Gasteiger partial charge in [0.15, 0.2) is 0 Å². The van der Waals surface area contributed by atoms with Crippen LogP contribution in [-0.4, -0.2) is 25.1 Å². The number of urea groups is 1. The molecule has 6 nitrogen and oxygen atoms in total. The quantitative estimate of drug-likeness (QED) is 0.742. The van der Waals surface area contributed by atoms with Gasteiger partial charge >= 0.3 is 6.03 Å². The van der Waals surface area contributed by atoms with Gasteiger partial charge in [-0.2, -0.15) is 0 Å². The number of benzene rings is 1. The van der Waals surface area contributed by atoms with Gasteiger partial charge in [0.25, 0.3) is 0 Å². The summed E-state index contributed by atoms with van der Waals surface area (Å²) in [7, 11) is 1.44. The van der Waals surface area contributed by atoms with Crippen molar-refractivity contribution in [3.63, 3.8) is 0 Å². The summed E-state index contributed by atoms with van der Waals surface area (Å²) in [6, 6.07) is 2.29. The Balaban J connectivity index is 2.77. The van der Waals surface area contributed by atoms with E-state index in [9.17, 15) is 14.0 Å². The Morgan fingerprint density at radius 3 is 2.67 bits per heavy atom. The number of carbonyl (C=O) groups excluding carboxylic acids is 2. The van der Waals surface area contributed by atoms with E-state index in [1.165, 1.54) is 32.2 Å². The molecule has 0 saturated carbocycles. The number of anilines is 1. The average molecular weight is 255 g/mol. The van der Waals surface area contributed by atoms with Crippen LogP contribution in [0.25, 0.3) is 0 Å². The minimum absolute atomic E-state index is 0.0986. The van der Waals surface area contributed by atoms with Crippen molar-refractivity contribution in [3.8, 4) is 5.75 Å². The number of amides is 3. The summed E-state index contributed by atoms with van der Waals surface area (Å²) in [5.74, 6) is -0.736. The van der Waals surface area contributed by atoms with Gasteiger partial charge in [0.2, 0.25) is 5.91 Å². The van der Waals surface area contributed by atoms with Crippen LogP contribution in [0.3, 0.4) is 0 Å². The van der Waals surface area contributed by atoms with E-state index in [0.29, 0.717) is 5.75 Å². The van der Waals surface area contributed by atoms with Crippen molar-refractivity contribution in [1.82, 2.24) is 5.32 Å². The number of rotatable bonds is 4. The second-order valence-electron chi connectivity index (χ2n) is 3.57. The lowest BCUT2D eigenvalue weighted by atomic mass is 10.2. The van der Waals surface area contributed by atoms with Crippen LogP contribution in [0.15, 0.2) is 18.2 Å². The number of nitrogens with two attached hydrogens (primary N) is 1. The molecule has 0 radical (unpaired) electrons. The van der Waals surface area contributed by atoms with Crippen LogP contribution in [0, 0.1) is 5.82 Å². The molecule has 0 bridgehead atoms. The average Bonchev–Trinajstić information content (AvgIpc) is 2.31. The van der Waals surface area contributed by atoms with Gasteiger partial charge in [0.1, 0.15) is 17.6 Å². The van der Waals surface area contributed by atoms with Crippen LogP contribution >= 0.6 is 0 Å². The lowest BCUT2D eigenvalue weighted by Crippen LogP contribution is -2.43. The highest BCUT2D eigenvalue weighted by Crippen LogP contribution is 2.21. The smallest absolute Gasteiger partial charge is 0.318 e. The highest BCUT2D eigenvalue weighted by molar-refractivity contribution is 5.97. The van der Waals surface area contributed by atoms with E-state index >= 15 is 0 Å². The zero-order chi connectivity index (χ0) is 13.7.